The molecule has 3 N–H and O–H groups in total. The van der Waals surface area contributed by atoms with Crippen molar-refractivity contribution < 1.29 is 0 Å². The quantitative estimate of drug-likeness (QED) is 0.673. The minimum Gasteiger partial charge on any atom is -0.336 e. The standard InChI is InChI=1S/C12H15BrN4/c1-8-3-4-9(10(13)7-8)11(16-14)12-15-5-6-17(12)2/h3-7,11,16H,14H2,1-2H3. The van der Waals surface area contributed by atoms with Crippen molar-refractivity contribution in [2.75, 3.05) is 0 Å². The van der Waals surface area contributed by atoms with Gasteiger partial charge in [-0.2, -0.15) is 0 Å². The molecule has 0 aliphatic carbocycles. The van der Waals surface area contributed by atoms with E-state index in [9.17, 15) is 0 Å². The van der Waals surface area contributed by atoms with Crippen LogP contribution in [-0.2, 0) is 7.05 Å². The van der Waals surface area contributed by atoms with Crippen LogP contribution in [0, 0.1) is 6.92 Å². The third-order valence-corrected chi connectivity index (χ3v) is 3.44. The Morgan fingerprint density at radius 2 is 2.24 bits per heavy atom. The number of nitrogens with zero attached hydrogens (tertiary/aromatic N) is 2. The van der Waals surface area contributed by atoms with Crippen LogP contribution in [0.3, 0.4) is 0 Å². The molecule has 2 rings (SSSR count). The lowest BCUT2D eigenvalue weighted by molar-refractivity contribution is 0.578. The summed E-state index contributed by atoms with van der Waals surface area (Å²) in [6.45, 7) is 2.06. The van der Waals surface area contributed by atoms with E-state index < -0.39 is 0 Å². The molecular weight excluding hydrogens is 280 g/mol. The fourth-order valence-electron chi connectivity index (χ4n) is 1.82. The van der Waals surface area contributed by atoms with E-state index in [0.29, 0.717) is 0 Å². The molecule has 1 aromatic heterocycles. The molecule has 0 bridgehead atoms. The Morgan fingerprint density at radius 3 is 2.76 bits per heavy atom. The van der Waals surface area contributed by atoms with Gasteiger partial charge in [0.2, 0.25) is 0 Å². The number of rotatable bonds is 3. The lowest BCUT2D eigenvalue weighted by Crippen LogP contribution is -2.31. The van der Waals surface area contributed by atoms with E-state index >= 15 is 0 Å². The van der Waals surface area contributed by atoms with Crippen molar-refractivity contribution in [3.63, 3.8) is 0 Å². The monoisotopic (exact) mass is 294 g/mol. The van der Waals surface area contributed by atoms with Crippen molar-refractivity contribution >= 4 is 15.9 Å². The molecule has 1 unspecified atom stereocenters. The second-order valence-corrected chi connectivity index (χ2v) is 4.88. The van der Waals surface area contributed by atoms with Crippen LogP contribution in [0.2, 0.25) is 0 Å². The lowest BCUT2D eigenvalue weighted by Gasteiger charge is -2.18. The summed E-state index contributed by atoms with van der Waals surface area (Å²) in [6, 6.07) is 6.07. The normalized spacial score (nSPS) is 12.7. The number of aryl methyl sites for hydroxylation is 2. The van der Waals surface area contributed by atoms with Gasteiger partial charge in [0.1, 0.15) is 11.9 Å². The molecule has 5 heteroatoms. The van der Waals surface area contributed by atoms with Crippen LogP contribution in [-0.4, -0.2) is 9.55 Å². The van der Waals surface area contributed by atoms with E-state index in [2.05, 4.69) is 51.5 Å². The fourth-order valence-corrected chi connectivity index (χ4v) is 2.55. The van der Waals surface area contributed by atoms with E-state index in [1.807, 2.05) is 17.8 Å². The van der Waals surface area contributed by atoms with Crippen LogP contribution in [0.25, 0.3) is 0 Å². The molecule has 1 aromatic carbocycles. The maximum Gasteiger partial charge on any atom is 0.131 e. The topological polar surface area (TPSA) is 55.9 Å². The number of hydrogen-bond acceptors (Lipinski definition) is 3. The van der Waals surface area contributed by atoms with Crippen molar-refractivity contribution in [1.29, 1.82) is 0 Å². The first-order valence-corrected chi connectivity index (χ1v) is 6.12. The van der Waals surface area contributed by atoms with Crippen LogP contribution in [0.5, 0.6) is 0 Å². The number of hydrazine groups is 1. The highest BCUT2D eigenvalue weighted by molar-refractivity contribution is 9.10. The minimum atomic E-state index is -0.120. The van der Waals surface area contributed by atoms with Gasteiger partial charge in [0.15, 0.2) is 0 Å². The molecule has 0 saturated heterocycles. The Hall–Kier alpha value is -1.17. The van der Waals surface area contributed by atoms with E-state index in [-0.39, 0.29) is 6.04 Å². The molecule has 0 aliphatic rings. The maximum atomic E-state index is 5.65. The third-order valence-electron chi connectivity index (χ3n) is 2.75. The zero-order valence-electron chi connectivity index (χ0n) is 9.81. The molecule has 17 heavy (non-hydrogen) atoms. The molecule has 0 fully saturated rings. The molecular formula is C12H15BrN4. The van der Waals surface area contributed by atoms with Crippen LogP contribution in [0.15, 0.2) is 35.1 Å². The van der Waals surface area contributed by atoms with E-state index in [4.69, 9.17) is 5.84 Å². The van der Waals surface area contributed by atoms with Gasteiger partial charge < -0.3 is 4.57 Å². The van der Waals surface area contributed by atoms with E-state index in [1.54, 1.807) is 6.20 Å². The molecule has 2 aromatic rings. The molecule has 1 heterocycles. The number of benzene rings is 1. The smallest absolute Gasteiger partial charge is 0.131 e. The molecule has 90 valence electrons. The number of aromatic nitrogens is 2. The zero-order valence-corrected chi connectivity index (χ0v) is 11.4. The van der Waals surface area contributed by atoms with Gasteiger partial charge in [-0.3, -0.25) is 5.84 Å². The Balaban J connectivity index is 2.46. The van der Waals surface area contributed by atoms with Gasteiger partial charge in [0, 0.05) is 23.9 Å². The number of nitrogens with one attached hydrogen (secondary N) is 1. The van der Waals surface area contributed by atoms with Crippen LogP contribution in [0.4, 0.5) is 0 Å². The molecule has 0 spiro atoms. The van der Waals surface area contributed by atoms with E-state index in [1.165, 1.54) is 5.56 Å². The summed E-state index contributed by atoms with van der Waals surface area (Å²) in [5.41, 5.74) is 5.09. The number of hydrogen-bond donors (Lipinski definition) is 2. The third kappa shape index (κ3) is 2.41. The summed E-state index contributed by atoms with van der Waals surface area (Å²) in [5, 5.41) is 0. The predicted molar refractivity (Wildman–Crippen MR) is 71.3 cm³/mol. The highest BCUT2D eigenvalue weighted by Gasteiger charge is 2.18. The first kappa shape index (κ1) is 12.3. The average molecular weight is 295 g/mol. The Bertz CT molecular complexity index is 521. The molecule has 0 saturated carbocycles. The molecule has 0 amide bonds. The van der Waals surface area contributed by atoms with Crippen LogP contribution >= 0.6 is 15.9 Å². The summed E-state index contributed by atoms with van der Waals surface area (Å²) in [5.74, 6) is 6.53. The van der Waals surface area contributed by atoms with Gasteiger partial charge in [-0.15, -0.1) is 0 Å². The van der Waals surface area contributed by atoms with Crippen molar-refractivity contribution in [2.24, 2.45) is 12.9 Å². The van der Waals surface area contributed by atoms with Gasteiger partial charge in [-0.1, -0.05) is 28.1 Å². The average Bonchev–Trinajstić information content (AvgIpc) is 2.69. The fraction of sp³-hybridized carbons (Fsp3) is 0.250. The summed E-state index contributed by atoms with van der Waals surface area (Å²) in [6.07, 6.45) is 3.67. The van der Waals surface area contributed by atoms with Crippen LogP contribution in [0.1, 0.15) is 23.0 Å². The summed E-state index contributed by atoms with van der Waals surface area (Å²) >= 11 is 3.57. The highest BCUT2D eigenvalue weighted by atomic mass is 79.9. The van der Waals surface area contributed by atoms with Crippen molar-refractivity contribution in [3.05, 3.63) is 52.0 Å². The van der Waals surface area contributed by atoms with Gasteiger partial charge in [-0.25, -0.2) is 10.4 Å². The lowest BCUT2D eigenvalue weighted by atomic mass is 10.1. The minimum absolute atomic E-state index is 0.120. The molecule has 1 atom stereocenters. The predicted octanol–water partition coefficient (Wildman–Crippen LogP) is 2.04. The van der Waals surface area contributed by atoms with Gasteiger partial charge >= 0.3 is 0 Å². The van der Waals surface area contributed by atoms with E-state index in [0.717, 1.165) is 15.9 Å². The number of halogens is 1. The summed E-state index contributed by atoms with van der Waals surface area (Å²) in [4.78, 5) is 4.33. The first-order valence-electron chi connectivity index (χ1n) is 5.33. The SMILES string of the molecule is Cc1ccc(C(NN)c2nccn2C)c(Br)c1. The second kappa shape index (κ2) is 5.00. The highest BCUT2D eigenvalue weighted by Crippen LogP contribution is 2.27. The first-order chi connectivity index (χ1) is 8.13. The summed E-state index contributed by atoms with van der Waals surface area (Å²) < 4.78 is 2.99. The second-order valence-electron chi connectivity index (χ2n) is 4.02. The molecule has 0 aliphatic heterocycles. The largest absolute Gasteiger partial charge is 0.336 e. The maximum absolute atomic E-state index is 5.65. The van der Waals surface area contributed by atoms with Crippen molar-refractivity contribution in [1.82, 2.24) is 15.0 Å². The Labute approximate surface area is 109 Å². The van der Waals surface area contributed by atoms with Crippen molar-refractivity contribution in [2.45, 2.75) is 13.0 Å². The van der Waals surface area contributed by atoms with Crippen molar-refractivity contribution in [3.8, 4) is 0 Å². The van der Waals surface area contributed by atoms with Crippen LogP contribution < -0.4 is 11.3 Å². The Kier molecular flexibility index (Phi) is 3.61. The van der Waals surface area contributed by atoms with Gasteiger partial charge in [0.05, 0.1) is 0 Å². The Morgan fingerprint density at radius 1 is 1.47 bits per heavy atom. The number of nitrogens with two attached hydrogens (primary N) is 1. The van der Waals surface area contributed by atoms with Gasteiger partial charge in [-0.05, 0) is 24.1 Å². The molecule has 0 radical (unpaired) electrons. The molecule has 4 nitrogen and oxygen atoms in total. The number of imidazole rings is 1. The van der Waals surface area contributed by atoms with Gasteiger partial charge in [0.25, 0.3) is 0 Å². The zero-order chi connectivity index (χ0) is 12.4. The summed E-state index contributed by atoms with van der Waals surface area (Å²) in [7, 11) is 1.95.